The lowest BCUT2D eigenvalue weighted by molar-refractivity contribution is 0.415. The van der Waals surface area contributed by atoms with Crippen molar-refractivity contribution in [2.45, 2.75) is 6.92 Å². The van der Waals surface area contributed by atoms with Gasteiger partial charge < -0.3 is 4.74 Å². The van der Waals surface area contributed by atoms with Gasteiger partial charge in [-0.1, -0.05) is 42.5 Å². The summed E-state index contributed by atoms with van der Waals surface area (Å²) >= 11 is 0. The highest BCUT2D eigenvalue weighted by Crippen LogP contribution is 2.24. The Morgan fingerprint density at radius 3 is 2.11 bits per heavy atom. The minimum atomic E-state index is 0.867. The molecule has 0 saturated heterocycles. The number of methoxy groups -OCH3 is 1. The fraction of sp³-hybridized carbons (Fsp3) is 0.118. The van der Waals surface area contributed by atoms with Crippen molar-refractivity contribution in [1.82, 2.24) is 0 Å². The van der Waals surface area contributed by atoms with Gasteiger partial charge in [0.05, 0.1) is 7.11 Å². The number of allylic oxidation sites excluding steroid dienone is 1. The van der Waals surface area contributed by atoms with Crippen LogP contribution in [0.15, 0.2) is 66.4 Å². The van der Waals surface area contributed by atoms with Crippen molar-refractivity contribution in [3.63, 3.8) is 0 Å². The molecule has 0 saturated carbocycles. The minimum Gasteiger partial charge on any atom is -0.497 e. The molecule has 0 aliphatic rings. The predicted octanol–water partition coefficient (Wildman–Crippen LogP) is 4.30. The Bertz CT molecular complexity index is 558. The standard InChI is InChI=1S/C17H16O/c1-3-7-17(14-8-5-4-6-9-14)15-10-12-16(18-2)13-11-15/h3-6,8-13H,1-2H3. The quantitative estimate of drug-likeness (QED) is 0.722. The molecule has 1 nitrogen and oxygen atoms in total. The summed E-state index contributed by atoms with van der Waals surface area (Å²) < 4.78 is 5.18. The van der Waals surface area contributed by atoms with E-state index in [1.54, 1.807) is 7.11 Å². The van der Waals surface area contributed by atoms with E-state index >= 15 is 0 Å². The van der Waals surface area contributed by atoms with Crippen LogP contribution in [-0.4, -0.2) is 7.11 Å². The summed E-state index contributed by atoms with van der Waals surface area (Å²) in [5.41, 5.74) is 6.71. The van der Waals surface area contributed by atoms with E-state index in [1.165, 1.54) is 5.56 Å². The maximum Gasteiger partial charge on any atom is 0.118 e. The van der Waals surface area contributed by atoms with E-state index < -0.39 is 0 Å². The van der Waals surface area contributed by atoms with E-state index in [-0.39, 0.29) is 0 Å². The molecule has 90 valence electrons. The number of hydrogen-bond donors (Lipinski definition) is 0. The van der Waals surface area contributed by atoms with Crippen molar-refractivity contribution in [3.8, 4) is 5.75 Å². The van der Waals surface area contributed by atoms with Crippen molar-refractivity contribution >= 4 is 5.57 Å². The monoisotopic (exact) mass is 236 g/mol. The number of rotatable bonds is 3. The zero-order valence-corrected chi connectivity index (χ0v) is 10.7. The average molecular weight is 236 g/mol. The van der Waals surface area contributed by atoms with E-state index in [0.29, 0.717) is 0 Å². The summed E-state index contributed by atoms with van der Waals surface area (Å²) in [4.78, 5) is 0. The van der Waals surface area contributed by atoms with E-state index in [9.17, 15) is 0 Å². The molecular formula is C17H16O. The van der Waals surface area contributed by atoms with Crippen LogP contribution >= 0.6 is 0 Å². The van der Waals surface area contributed by atoms with Crippen molar-refractivity contribution in [2.75, 3.05) is 7.11 Å². The number of ether oxygens (including phenoxy) is 1. The van der Waals surface area contributed by atoms with Gasteiger partial charge in [0, 0.05) is 5.57 Å². The SMILES string of the molecule is CC=C=C(c1ccccc1)c1ccc(OC)cc1. The largest absolute Gasteiger partial charge is 0.497 e. The van der Waals surface area contributed by atoms with Crippen LogP contribution in [0.25, 0.3) is 5.57 Å². The molecule has 0 unspecified atom stereocenters. The molecule has 2 aromatic rings. The Hall–Kier alpha value is -2.24. The Balaban J connectivity index is 2.46. The van der Waals surface area contributed by atoms with Crippen LogP contribution in [0.5, 0.6) is 5.75 Å². The topological polar surface area (TPSA) is 9.23 Å². The third kappa shape index (κ3) is 2.71. The van der Waals surface area contributed by atoms with Gasteiger partial charge in [0.2, 0.25) is 0 Å². The van der Waals surface area contributed by atoms with Gasteiger partial charge in [-0.25, -0.2) is 0 Å². The van der Waals surface area contributed by atoms with E-state index in [0.717, 1.165) is 16.9 Å². The van der Waals surface area contributed by atoms with Gasteiger partial charge in [0.15, 0.2) is 0 Å². The van der Waals surface area contributed by atoms with Crippen molar-refractivity contribution in [2.24, 2.45) is 0 Å². The second-order valence-corrected chi connectivity index (χ2v) is 3.90. The average Bonchev–Trinajstić information content (AvgIpc) is 2.46. The molecule has 0 N–H and O–H groups in total. The number of benzene rings is 2. The third-order valence-corrected chi connectivity index (χ3v) is 2.73. The first kappa shape index (κ1) is 12.2. The highest BCUT2D eigenvalue weighted by molar-refractivity contribution is 5.79. The van der Waals surface area contributed by atoms with Crippen LogP contribution in [0.1, 0.15) is 18.1 Å². The van der Waals surface area contributed by atoms with Crippen LogP contribution in [0.4, 0.5) is 0 Å². The molecule has 18 heavy (non-hydrogen) atoms. The first-order valence-electron chi connectivity index (χ1n) is 5.96. The summed E-state index contributed by atoms with van der Waals surface area (Å²) in [7, 11) is 1.68. The molecule has 0 bridgehead atoms. The van der Waals surface area contributed by atoms with Gasteiger partial charge in [0.25, 0.3) is 0 Å². The molecule has 0 fully saturated rings. The molecule has 0 aromatic heterocycles. The molecular weight excluding hydrogens is 220 g/mol. The van der Waals surface area contributed by atoms with Crippen molar-refractivity contribution in [1.29, 1.82) is 0 Å². The lowest BCUT2D eigenvalue weighted by Gasteiger charge is -2.06. The predicted molar refractivity (Wildman–Crippen MR) is 75.7 cm³/mol. The molecule has 0 spiro atoms. The van der Waals surface area contributed by atoms with Gasteiger partial charge in [0.1, 0.15) is 5.75 Å². The van der Waals surface area contributed by atoms with Gasteiger partial charge in [-0.2, -0.15) is 0 Å². The maximum absolute atomic E-state index is 5.18. The molecule has 0 amide bonds. The maximum atomic E-state index is 5.18. The molecule has 0 radical (unpaired) electrons. The van der Waals surface area contributed by atoms with Gasteiger partial charge >= 0.3 is 0 Å². The van der Waals surface area contributed by atoms with Crippen LogP contribution in [0.3, 0.4) is 0 Å². The Morgan fingerprint density at radius 2 is 1.56 bits per heavy atom. The molecule has 0 heterocycles. The second kappa shape index (κ2) is 5.90. The third-order valence-electron chi connectivity index (χ3n) is 2.73. The van der Waals surface area contributed by atoms with E-state index in [4.69, 9.17) is 4.74 Å². The molecule has 0 aliphatic carbocycles. The normalized spacial score (nSPS) is 9.44. The van der Waals surface area contributed by atoms with Gasteiger partial charge in [-0.15, -0.1) is 5.73 Å². The highest BCUT2D eigenvalue weighted by Gasteiger charge is 2.03. The first-order valence-corrected chi connectivity index (χ1v) is 5.96. The first-order chi connectivity index (χ1) is 8.85. The molecule has 0 atom stereocenters. The fourth-order valence-corrected chi connectivity index (χ4v) is 1.84. The van der Waals surface area contributed by atoms with Gasteiger partial charge in [-0.05, 0) is 36.3 Å². The van der Waals surface area contributed by atoms with Crippen molar-refractivity contribution < 1.29 is 4.74 Å². The summed E-state index contributed by atoms with van der Waals surface area (Å²) in [5.74, 6) is 0.867. The fourth-order valence-electron chi connectivity index (χ4n) is 1.84. The number of hydrogen-bond acceptors (Lipinski definition) is 1. The summed E-state index contributed by atoms with van der Waals surface area (Å²) in [6.45, 7) is 1.98. The lowest BCUT2D eigenvalue weighted by atomic mass is 9.99. The molecule has 2 rings (SSSR count). The van der Waals surface area contributed by atoms with Crippen LogP contribution in [-0.2, 0) is 0 Å². The zero-order chi connectivity index (χ0) is 12.8. The van der Waals surface area contributed by atoms with Crippen LogP contribution < -0.4 is 4.74 Å². The van der Waals surface area contributed by atoms with Crippen molar-refractivity contribution in [3.05, 3.63) is 77.5 Å². The zero-order valence-electron chi connectivity index (χ0n) is 10.7. The molecule has 1 heteroatoms. The molecule has 0 aliphatic heterocycles. The van der Waals surface area contributed by atoms with Crippen LogP contribution in [0, 0.1) is 0 Å². The van der Waals surface area contributed by atoms with Gasteiger partial charge in [-0.3, -0.25) is 0 Å². The lowest BCUT2D eigenvalue weighted by Crippen LogP contribution is -1.87. The Labute approximate surface area is 108 Å². The van der Waals surface area contributed by atoms with E-state index in [2.05, 4.69) is 30.0 Å². The van der Waals surface area contributed by atoms with E-state index in [1.807, 2.05) is 43.3 Å². The Morgan fingerprint density at radius 1 is 0.944 bits per heavy atom. The highest BCUT2D eigenvalue weighted by atomic mass is 16.5. The smallest absolute Gasteiger partial charge is 0.118 e. The summed E-state index contributed by atoms with van der Waals surface area (Å²) in [5, 5.41) is 0. The summed E-state index contributed by atoms with van der Waals surface area (Å²) in [6, 6.07) is 18.3. The summed E-state index contributed by atoms with van der Waals surface area (Å²) in [6.07, 6.45) is 1.94. The second-order valence-electron chi connectivity index (χ2n) is 3.90. The minimum absolute atomic E-state index is 0.867. The molecule has 2 aromatic carbocycles. The Kier molecular flexibility index (Phi) is 4.01. The van der Waals surface area contributed by atoms with Crippen LogP contribution in [0.2, 0.25) is 0 Å².